The van der Waals surface area contributed by atoms with Gasteiger partial charge in [0.2, 0.25) is 0 Å². The predicted molar refractivity (Wildman–Crippen MR) is 134 cm³/mol. The number of hydrogen-bond acceptors (Lipinski definition) is 4. The van der Waals surface area contributed by atoms with Gasteiger partial charge in [-0.2, -0.15) is 5.10 Å². The van der Waals surface area contributed by atoms with Crippen molar-refractivity contribution in [3.05, 3.63) is 98.5 Å². The number of aromatic nitrogens is 2. The number of carbonyl (C=O) groups excluding carboxylic acids is 1. The normalized spacial score (nSPS) is 10.9. The van der Waals surface area contributed by atoms with E-state index in [1.54, 1.807) is 41.2 Å². The fourth-order valence-electron chi connectivity index (χ4n) is 3.35. The highest BCUT2D eigenvalue weighted by Crippen LogP contribution is 2.27. The molecule has 0 aliphatic rings. The number of nitrogens with zero attached hydrogens (tertiary/aromatic N) is 2. The van der Waals surface area contributed by atoms with Crippen LogP contribution in [0.5, 0.6) is 5.75 Å². The van der Waals surface area contributed by atoms with E-state index in [-0.39, 0.29) is 23.2 Å². The Kier molecular flexibility index (Phi) is 7.83. The van der Waals surface area contributed by atoms with Crippen LogP contribution < -0.4 is 10.1 Å². The van der Waals surface area contributed by atoms with E-state index in [4.69, 9.17) is 44.0 Å². The largest absolute Gasteiger partial charge is 0.486 e. The van der Waals surface area contributed by atoms with Gasteiger partial charge in [0.25, 0.3) is 5.91 Å². The molecule has 4 aromatic rings. The molecule has 0 bridgehead atoms. The lowest BCUT2D eigenvalue weighted by atomic mass is 10.1. The molecule has 0 radical (unpaired) electrons. The zero-order valence-corrected chi connectivity index (χ0v) is 20.6. The molecule has 2 heterocycles. The number of nitrogens with one attached hydrogen (secondary N) is 1. The molecule has 0 aliphatic heterocycles. The highest BCUT2D eigenvalue weighted by Gasteiger charge is 2.17. The van der Waals surface area contributed by atoms with Gasteiger partial charge in [-0.05, 0) is 48.4 Å². The lowest BCUT2D eigenvalue weighted by Crippen LogP contribution is -2.12. The molecule has 0 atom stereocenters. The molecule has 6 nitrogen and oxygen atoms in total. The van der Waals surface area contributed by atoms with Gasteiger partial charge in [0.1, 0.15) is 23.1 Å². The first-order valence-electron chi connectivity index (χ1n) is 10.7. The molecule has 34 heavy (non-hydrogen) atoms. The van der Waals surface area contributed by atoms with Crippen molar-refractivity contribution in [2.24, 2.45) is 0 Å². The highest BCUT2D eigenvalue weighted by molar-refractivity contribution is 6.36. The van der Waals surface area contributed by atoms with Gasteiger partial charge in [-0.15, -0.1) is 0 Å². The zero-order chi connectivity index (χ0) is 24.1. The fraction of sp³-hybridized carbons (Fsp3) is 0.200. The van der Waals surface area contributed by atoms with Crippen LogP contribution in [0, 0.1) is 0 Å². The molecule has 1 N–H and O–H groups in total. The first-order chi connectivity index (χ1) is 16.4. The molecular weight excluding hydrogens is 497 g/mol. The third-order valence-corrected chi connectivity index (χ3v) is 6.04. The molecule has 0 fully saturated rings. The third-order valence-electron chi connectivity index (χ3n) is 5.06. The number of hydrogen-bond donors (Lipinski definition) is 1. The molecule has 0 spiro atoms. The summed E-state index contributed by atoms with van der Waals surface area (Å²) in [5.74, 6) is 1.11. The highest BCUT2D eigenvalue weighted by atomic mass is 35.5. The lowest BCUT2D eigenvalue weighted by molar-refractivity contribution is 0.0992. The number of anilines is 1. The van der Waals surface area contributed by atoms with E-state index in [0.29, 0.717) is 27.9 Å². The average molecular weight is 519 g/mol. The van der Waals surface area contributed by atoms with Gasteiger partial charge in [0, 0.05) is 21.8 Å². The van der Waals surface area contributed by atoms with Crippen molar-refractivity contribution in [2.45, 2.75) is 32.9 Å². The Hall–Kier alpha value is -2.93. The molecule has 2 aromatic carbocycles. The van der Waals surface area contributed by atoms with E-state index < -0.39 is 5.91 Å². The lowest BCUT2D eigenvalue weighted by Gasteiger charge is -2.06. The number of rotatable bonds is 9. The second-order valence-electron chi connectivity index (χ2n) is 7.63. The average Bonchev–Trinajstić information content (AvgIpc) is 3.43. The quantitative estimate of drug-likeness (QED) is 0.253. The van der Waals surface area contributed by atoms with Gasteiger partial charge < -0.3 is 14.5 Å². The van der Waals surface area contributed by atoms with Crippen LogP contribution in [0.1, 0.15) is 40.8 Å². The van der Waals surface area contributed by atoms with Crippen molar-refractivity contribution in [1.29, 1.82) is 0 Å². The number of carbonyl (C=O) groups is 1. The summed E-state index contributed by atoms with van der Waals surface area (Å²) in [6, 6.07) is 16.5. The monoisotopic (exact) mass is 517 g/mol. The van der Waals surface area contributed by atoms with Crippen LogP contribution in [0.25, 0.3) is 0 Å². The predicted octanol–water partition coefficient (Wildman–Crippen LogP) is 7.27. The maximum Gasteiger partial charge on any atom is 0.292 e. The van der Waals surface area contributed by atoms with Crippen LogP contribution in [0.15, 0.2) is 65.2 Å². The first-order valence-corrected chi connectivity index (χ1v) is 11.8. The summed E-state index contributed by atoms with van der Waals surface area (Å²) in [4.78, 5) is 12.6. The van der Waals surface area contributed by atoms with Gasteiger partial charge in [0.05, 0.1) is 6.54 Å². The minimum Gasteiger partial charge on any atom is -0.486 e. The molecule has 9 heteroatoms. The van der Waals surface area contributed by atoms with E-state index in [1.165, 1.54) is 5.56 Å². The molecule has 1 amide bonds. The molecule has 0 unspecified atom stereocenters. The number of amides is 1. The van der Waals surface area contributed by atoms with Crippen LogP contribution in [0.4, 0.5) is 5.82 Å². The Bertz CT molecular complexity index is 1260. The third kappa shape index (κ3) is 5.95. The van der Waals surface area contributed by atoms with Crippen molar-refractivity contribution in [1.82, 2.24) is 9.78 Å². The van der Waals surface area contributed by atoms with Gasteiger partial charge in [-0.1, -0.05) is 66.3 Å². The zero-order valence-electron chi connectivity index (χ0n) is 18.4. The van der Waals surface area contributed by atoms with Crippen molar-refractivity contribution in [3.8, 4) is 5.75 Å². The molecule has 0 saturated heterocycles. The Morgan fingerprint density at radius 1 is 1.03 bits per heavy atom. The van der Waals surface area contributed by atoms with Gasteiger partial charge in [0.15, 0.2) is 11.6 Å². The number of halogens is 3. The van der Waals surface area contributed by atoms with Crippen LogP contribution in [0.3, 0.4) is 0 Å². The SMILES string of the molecule is CCCc1ccc(OCc2ccc(C(=O)Nc3nn(Cc4c(Cl)cccc4Cl)cc3Cl)o2)cc1. The van der Waals surface area contributed by atoms with Crippen LogP contribution in [-0.4, -0.2) is 15.7 Å². The van der Waals surface area contributed by atoms with Crippen molar-refractivity contribution < 1.29 is 13.9 Å². The van der Waals surface area contributed by atoms with Gasteiger partial charge in [-0.25, -0.2) is 0 Å². The molecule has 176 valence electrons. The van der Waals surface area contributed by atoms with Crippen molar-refractivity contribution in [2.75, 3.05) is 5.32 Å². The van der Waals surface area contributed by atoms with Crippen molar-refractivity contribution in [3.63, 3.8) is 0 Å². The van der Waals surface area contributed by atoms with Crippen LogP contribution in [-0.2, 0) is 19.6 Å². The second-order valence-corrected chi connectivity index (χ2v) is 8.85. The standard InChI is InChI=1S/C25H22Cl3N3O3/c1-2-4-16-7-9-17(10-8-16)33-15-18-11-12-23(34-18)25(32)29-24-22(28)14-31(30-24)13-19-20(26)5-3-6-21(19)27/h3,5-12,14H,2,4,13,15H2,1H3,(H,29,30,32). The Morgan fingerprint density at radius 2 is 1.76 bits per heavy atom. The van der Waals surface area contributed by atoms with Crippen molar-refractivity contribution >= 4 is 46.5 Å². The maximum atomic E-state index is 12.6. The molecule has 4 rings (SSSR count). The minimum absolute atomic E-state index is 0.122. The minimum atomic E-state index is -0.474. The fourth-order valence-corrected chi connectivity index (χ4v) is 4.06. The second kappa shape index (κ2) is 11.0. The first kappa shape index (κ1) is 24.2. The number of ether oxygens (including phenoxy) is 1. The van der Waals surface area contributed by atoms with Gasteiger partial charge >= 0.3 is 0 Å². The van der Waals surface area contributed by atoms with Crippen LogP contribution >= 0.6 is 34.8 Å². The summed E-state index contributed by atoms with van der Waals surface area (Å²) in [5, 5.41) is 8.31. The Labute approximate surface area is 212 Å². The number of aryl methyl sites for hydroxylation is 1. The maximum absolute atomic E-state index is 12.6. The summed E-state index contributed by atoms with van der Waals surface area (Å²) in [5.41, 5.74) is 1.97. The summed E-state index contributed by atoms with van der Waals surface area (Å²) >= 11 is 18.7. The topological polar surface area (TPSA) is 69.3 Å². The summed E-state index contributed by atoms with van der Waals surface area (Å²) < 4.78 is 12.9. The molecule has 0 aliphatic carbocycles. The molecular formula is C25H22Cl3N3O3. The van der Waals surface area contributed by atoms with E-state index in [1.807, 2.05) is 24.3 Å². The smallest absolute Gasteiger partial charge is 0.292 e. The van der Waals surface area contributed by atoms with Crippen LogP contribution in [0.2, 0.25) is 15.1 Å². The Balaban J connectivity index is 1.36. The molecule has 0 saturated carbocycles. The number of benzene rings is 2. The summed E-state index contributed by atoms with van der Waals surface area (Å²) in [7, 11) is 0. The Morgan fingerprint density at radius 3 is 2.47 bits per heavy atom. The van der Waals surface area contributed by atoms with E-state index in [0.717, 1.165) is 18.6 Å². The molecule has 2 aromatic heterocycles. The summed E-state index contributed by atoms with van der Waals surface area (Å²) in [6.07, 6.45) is 3.72. The number of furan rings is 1. The van der Waals surface area contributed by atoms with Gasteiger partial charge in [-0.3, -0.25) is 9.48 Å². The van der Waals surface area contributed by atoms with E-state index >= 15 is 0 Å². The van der Waals surface area contributed by atoms with E-state index in [9.17, 15) is 4.79 Å². The summed E-state index contributed by atoms with van der Waals surface area (Å²) in [6.45, 7) is 2.65. The van der Waals surface area contributed by atoms with E-state index in [2.05, 4.69) is 17.3 Å².